The van der Waals surface area contributed by atoms with E-state index in [-0.39, 0.29) is 12.3 Å². The van der Waals surface area contributed by atoms with E-state index in [0.717, 1.165) is 43.8 Å². The number of rotatable bonds is 7. The lowest BCUT2D eigenvalue weighted by molar-refractivity contribution is -0.115. The van der Waals surface area contributed by atoms with Gasteiger partial charge in [0, 0.05) is 35.7 Å². The Balaban J connectivity index is 1.64. The second kappa shape index (κ2) is 9.05. The molecule has 1 fully saturated rings. The molecule has 2 amide bonds. The lowest BCUT2D eigenvalue weighted by Gasteiger charge is -2.22. The van der Waals surface area contributed by atoms with Gasteiger partial charge < -0.3 is 16.0 Å². The van der Waals surface area contributed by atoms with E-state index in [1.165, 1.54) is 17.8 Å². The summed E-state index contributed by atoms with van der Waals surface area (Å²) in [4.78, 5) is 26.6. The van der Waals surface area contributed by atoms with E-state index >= 15 is 0 Å². The van der Waals surface area contributed by atoms with Crippen molar-refractivity contribution in [1.82, 2.24) is 0 Å². The average molecular weight is 405 g/mol. The van der Waals surface area contributed by atoms with Crippen molar-refractivity contribution in [2.45, 2.75) is 24.2 Å². The van der Waals surface area contributed by atoms with Gasteiger partial charge in [-0.3, -0.25) is 9.59 Å². The molecular formula is C20H21F2N3O2S. The quantitative estimate of drug-likeness (QED) is 0.688. The van der Waals surface area contributed by atoms with Crippen LogP contribution in [0, 0.1) is 11.6 Å². The lowest BCUT2D eigenvalue weighted by atomic mass is 10.1. The number of carbonyl (C=O) groups excluding carboxylic acids is 2. The maximum absolute atomic E-state index is 13.2. The van der Waals surface area contributed by atoms with Crippen LogP contribution in [0.25, 0.3) is 0 Å². The summed E-state index contributed by atoms with van der Waals surface area (Å²) in [7, 11) is 0. The van der Waals surface area contributed by atoms with Crippen LogP contribution < -0.4 is 16.0 Å². The minimum Gasteiger partial charge on any atom is -0.370 e. The molecule has 5 nitrogen and oxygen atoms in total. The number of anilines is 2. The first-order valence-corrected chi connectivity index (χ1v) is 9.99. The van der Waals surface area contributed by atoms with Gasteiger partial charge in [-0.15, -0.1) is 11.8 Å². The Kier molecular flexibility index (Phi) is 6.51. The summed E-state index contributed by atoms with van der Waals surface area (Å²) < 4.78 is 26.2. The Bertz CT molecular complexity index is 886. The maximum Gasteiger partial charge on any atom is 0.248 e. The van der Waals surface area contributed by atoms with E-state index in [9.17, 15) is 18.4 Å². The molecule has 0 atom stereocenters. The van der Waals surface area contributed by atoms with Crippen molar-refractivity contribution in [3.8, 4) is 0 Å². The molecule has 0 aliphatic carbocycles. The van der Waals surface area contributed by atoms with Gasteiger partial charge in [-0.1, -0.05) is 0 Å². The van der Waals surface area contributed by atoms with Crippen molar-refractivity contribution in [3.63, 3.8) is 0 Å². The number of nitrogens with two attached hydrogens (primary N) is 1. The second-order valence-electron chi connectivity index (χ2n) is 6.51. The molecule has 1 aliphatic rings. The van der Waals surface area contributed by atoms with Crippen molar-refractivity contribution < 1.29 is 18.4 Å². The van der Waals surface area contributed by atoms with Gasteiger partial charge in [-0.2, -0.15) is 0 Å². The van der Waals surface area contributed by atoms with Gasteiger partial charge in [-0.25, -0.2) is 8.78 Å². The van der Waals surface area contributed by atoms with Crippen LogP contribution in [-0.4, -0.2) is 30.7 Å². The van der Waals surface area contributed by atoms with Crippen molar-refractivity contribution in [1.29, 1.82) is 0 Å². The molecule has 0 unspecified atom stereocenters. The minimum absolute atomic E-state index is 0.184. The van der Waals surface area contributed by atoms with Crippen molar-refractivity contribution in [2.75, 3.05) is 29.1 Å². The number of benzene rings is 2. The van der Waals surface area contributed by atoms with E-state index in [0.29, 0.717) is 21.9 Å². The van der Waals surface area contributed by atoms with E-state index in [1.807, 2.05) is 0 Å². The molecule has 0 spiro atoms. The molecular weight excluding hydrogens is 384 g/mol. The van der Waals surface area contributed by atoms with E-state index in [2.05, 4.69) is 10.2 Å². The first kappa shape index (κ1) is 20.1. The van der Waals surface area contributed by atoms with Gasteiger partial charge in [-0.05, 0) is 49.2 Å². The average Bonchev–Trinajstić information content (AvgIpc) is 3.19. The Hall–Kier alpha value is -2.61. The third-order valence-electron chi connectivity index (χ3n) is 4.49. The normalized spacial score (nSPS) is 13.6. The second-order valence-corrected chi connectivity index (χ2v) is 7.68. The highest BCUT2D eigenvalue weighted by Crippen LogP contribution is 2.30. The molecule has 148 valence electrons. The van der Waals surface area contributed by atoms with Gasteiger partial charge in [0.05, 0.1) is 11.4 Å². The number of hydrogen-bond donors (Lipinski definition) is 2. The molecule has 0 bridgehead atoms. The number of carbonyl (C=O) groups is 2. The monoisotopic (exact) mass is 405 g/mol. The zero-order valence-electron chi connectivity index (χ0n) is 15.2. The molecule has 1 heterocycles. The Morgan fingerprint density at radius 3 is 2.50 bits per heavy atom. The number of primary amides is 1. The van der Waals surface area contributed by atoms with E-state index < -0.39 is 17.5 Å². The summed E-state index contributed by atoms with van der Waals surface area (Å²) in [6.07, 6.45) is 2.34. The van der Waals surface area contributed by atoms with Gasteiger partial charge in [0.25, 0.3) is 0 Å². The fourth-order valence-corrected chi connectivity index (χ4v) is 3.94. The molecule has 2 aromatic rings. The number of nitrogens with one attached hydrogen (secondary N) is 1. The Morgan fingerprint density at radius 2 is 1.82 bits per heavy atom. The number of hydrogen-bond acceptors (Lipinski definition) is 4. The third kappa shape index (κ3) is 5.01. The van der Waals surface area contributed by atoms with Crippen LogP contribution in [0.2, 0.25) is 0 Å². The summed E-state index contributed by atoms with van der Waals surface area (Å²) in [6.45, 7) is 1.79. The molecule has 0 saturated carbocycles. The summed E-state index contributed by atoms with van der Waals surface area (Å²) in [5, 5.41) is 2.85. The van der Waals surface area contributed by atoms with Crippen LogP contribution in [0.1, 0.15) is 29.6 Å². The third-order valence-corrected chi connectivity index (χ3v) is 5.49. The van der Waals surface area contributed by atoms with Crippen LogP contribution >= 0.6 is 11.8 Å². The molecule has 1 aliphatic heterocycles. The molecule has 0 radical (unpaired) electrons. The molecule has 8 heteroatoms. The van der Waals surface area contributed by atoms with E-state index in [4.69, 9.17) is 5.73 Å². The van der Waals surface area contributed by atoms with Crippen LogP contribution in [0.3, 0.4) is 0 Å². The zero-order chi connectivity index (χ0) is 20.1. The van der Waals surface area contributed by atoms with Gasteiger partial charge in [0.1, 0.15) is 0 Å². The van der Waals surface area contributed by atoms with Gasteiger partial charge in [0.15, 0.2) is 11.6 Å². The van der Waals surface area contributed by atoms with Crippen molar-refractivity contribution in [2.24, 2.45) is 5.73 Å². The van der Waals surface area contributed by atoms with Crippen LogP contribution in [0.5, 0.6) is 0 Å². The van der Waals surface area contributed by atoms with Crippen molar-refractivity contribution >= 4 is 35.0 Å². The molecule has 2 aromatic carbocycles. The summed E-state index contributed by atoms with van der Waals surface area (Å²) in [5.41, 5.74) is 7.11. The summed E-state index contributed by atoms with van der Waals surface area (Å²) in [6, 6.07) is 8.70. The number of amides is 2. The predicted molar refractivity (Wildman–Crippen MR) is 107 cm³/mol. The molecule has 3 rings (SSSR count). The minimum atomic E-state index is -0.909. The Morgan fingerprint density at radius 1 is 1.07 bits per heavy atom. The Labute approximate surface area is 166 Å². The molecule has 28 heavy (non-hydrogen) atoms. The highest BCUT2D eigenvalue weighted by Gasteiger charge is 2.18. The number of halogens is 2. The van der Waals surface area contributed by atoms with Crippen LogP contribution in [-0.2, 0) is 4.79 Å². The SMILES string of the molecule is NC(=O)c1ccc(N2CCCC2)c(NC(=O)CCSc2ccc(F)c(F)c2)c1. The zero-order valence-corrected chi connectivity index (χ0v) is 16.0. The van der Waals surface area contributed by atoms with E-state index in [1.54, 1.807) is 18.2 Å². The first-order valence-electron chi connectivity index (χ1n) is 9.00. The summed E-state index contributed by atoms with van der Waals surface area (Å²) in [5.74, 6) is -2.18. The maximum atomic E-state index is 13.2. The molecule has 0 aromatic heterocycles. The first-order chi connectivity index (χ1) is 13.4. The van der Waals surface area contributed by atoms with Gasteiger partial charge in [0.2, 0.25) is 11.8 Å². The predicted octanol–water partition coefficient (Wildman–Crippen LogP) is 3.78. The fourth-order valence-electron chi connectivity index (χ4n) is 3.06. The molecule has 3 N–H and O–H groups in total. The molecule has 1 saturated heterocycles. The summed E-state index contributed by atoms with van der Waals surface area (Å²) >= 11 is 1.27. The number of nitrogens with zero attached hydrogens (tertiary/aromatic N) is 1. The number of thioether (sulfide) groups is 1. The fraction of sp³-hybridized carbons (Fsp3) is 0.300. The standard InChI is InChI=1S/C20H21F2N3O2S/c21-15-5-4-14(12-16(15)22)28-10-7-19(26)24-17-11-13(20(23)27)3-6-18(17)25-8-1-2-9-25/h3-6,11-12H,1-2,7-10H2,(H2,23,27)(H,24,26). The topological polar surface area (TPSA) is 75.4 Å². The highest BCUT2D eigenvalue weighted by molar-refractivity contribution is 7.99. The highest BCUT2D eigenvalue weighted by atomic mass is 32.2. The van der Waals surface area contributed by atoms with Crippen LogP contribution in [0.15, 0.2) is 41.3 Å². The van der Waals surface area contributed by atoms with Gasteiger partial charge >= 0.3 is 0 Å². The lowest BCUT2D eigenvalue weighted by Crippen LogP contribution is -2.22. The largest absolute Gasteiger partial charge is 0.370 e. The van der Waals surface area contributed by atoms with Crippen LogP contribution in [0.4, 0.5) is 20.2 Å². The van der Waals surface area contributed by atoms with Crippen molar-refractivity contribution in [3.05, 3.63) is 53.6 Å². The smallest absolute Gasteiger partial charge is 0.248 e.